The zero-order chi connectivity index (χ0) is 14.6. The molecule has 1 heterocycles. The van der Waals surface area contributed by atoms with Crippen LogP contribution in [-0.2, 0) is 9.59 Å². The topological polar surface area (TPSA) is 78.5 Å². The Labute approximate surface area is 113 Å². The molecule has 0 bridgehead atoms. The van der Waals surface area contributed by atoms with E-state index in [-0.39, 0.29) is 18.4 Å². The molecule has 0 aromatic carbocycles. The van der Waals surface area contributed by atoms with Crippen LogP contribution in [0.5, 0.6) is 0 Å². The van der Waals surface area contributed by atoms with Crippen LogP contribution in [0.2, 0.25) is 0 Å². The van der Waals surface area contributed by atoms with E-state index >= 15 is 0 Å². The van der Waals surface area contributed by atoms with E-state index in [0.29, 0.717) is 18.9 Å². The Morgan fingerprint density at radius 2 is 2.05 bits per heavy atom. The molecular formula is C13H23N3O3. The van der Waals surface area contributed by atoms with Gasteiger partial charge >= 0.3 is 6.03 Å². The predicted octanol–water partition coefficient (Wildman–Crippen LogP) is 0.869. The Bertz CT molecular complexity index is 381. The quantitative estimate of drug-likeness (QED) is 0.702. The maximum atomic E-state index is 11.8. The fourth-order valence-corrected chi connectivity index (χ4v) is 1.94. The lowest BCUT2D eigenvalue weighted by Crippen LogP contribution is -2.50. The van der Waals surface area contributed by atoms with Crippen LogP contribution in [0.25, 0.3) is 0 Å². The number of hydrogen-bond donors (Lipinski definition) is 2. The van der Waals surface area contributed by atoms with Crippen LogP contribution in [0.15, 0.2) is 0 Å². The molecule has 1 atom stereocenters. The van der Waals surface area contributed by atoms with Crippen LogP contribution < -0.4 is 10.6 Å². The first-order valence-corrected chi connectivity index (χ1v) is 6.71. The van der Waals surface area contributed by atoms with Crippen molar-refractivity contribution in [3.8, 4) is 0 Å². The van der Waals surface area contributed by atoms with E-state index in [2.05, 4.69) is 24.5 Å². The molecule has 4 amide bonds. The molecule has 1 unspecified atom stereocenters. The molecular weight excluding hydrogens is 246 g/mol. The second-order valence-corrected chi connectivity index (χ2v) is 5.51. The van der Waals surface area contributed by atoms with E-state index < -0.39 is 11.6 Å². The molecule has 2 N–H and O–H groups in total. The van der Waals surface area contributed by atoms with Crippen LogP contribution in [0.4, 0.5) is 4.79 Å². The number of urea groups is 1. The maximum absolute atomic E-state index is 11.8. The zero-order valence-electron chi connectivity index (χ0n) is 12.1. The lowest BCUT2D eigenvalue weighted by Gasteiger charge is -2.30. The van der Waals surface area contributed by atoms with E-state index in [4.69, 9.17) is 0 Å². The molecule has 0 aliphatic carbocycles. The molecule has 1 aliphatic heterocycles. The van der Waals surface area contributed by atoms with E-state index in [9.17, 15) is 14.4 Å². The molecule has 6 nitrogen and oxygen atoms in total. The van der Waals surface area contributed by atoms with Gasteiger partial charge in [0.15, 0.2) is 0 Å². The van der Waals surface area contributed by atoms with Crippen molar-refractivity contribution >= 4 is 17.8 Å². The van der Waals surface area contributed by atoms with Crippen LogP contribution in [0.3, 0.4) is 0 Å². The Hall–Kier alpha value is -1.59. The molecule has 1 fully saturated rings. The first-order valence-electron chi connectivity index (χ1n) is 6.71. The minimum atomic E-state index is -0.924. The highest BCUT2D eigenvalue weighted by Crippen LogP contribution is 2.24. The highest BCUT2D eigenvalue weighted by molar-refractivity contribution is 6.07. The Morgan fingerprint density at radius 1 is 1.42 bits per heavy atom. The van der Waals surface area contributed by atoms with Gasteiger partial charge in [-0.25, -0.2) is 4.79 Å². The summed E-state index contributed by atoms with van der Waals surface area (Å²) < 4.78 is 0. The van der Waals surface area contributed by atoms with Crippen molar-refractivity contribution in [2.45, 2.75) is 46.1 Å². The minimum Gasteiger partial charge on any atom is -0.355 e. The SMILES string of the molecule is CCC1(C)C(=O)NC(=O)N1CC(=O)NCCC(C)C. The lowest BCUT2D eigenvalue weighted by molar-refractivity contribution is -0.128. The zero-order valence-corrected chi connectivity index (χ0v) is 12.1. The fraction of sp³-hybridized carbons (Fsp3) is 0.769. The second kappa shape index (κ2) is 6.04. The standard InChI is InChI=1S/C13H23N3O3/c1-5-13(4)11(18)15-12(19)16(13)8-10(17)14-7-6-9(2)3/h9H,5-8H2,1-4H3,(H,14,17)(H,15,18,19). The Balaban J connectivity index is 2.57. The third-order valence-electron chi connectivity index (χ3n) is 3.58. The average molecular weight is 269 g/mol. The summed E-state index contributed by atoms with van der Waals surface area (Å²) in [6.07, 6.45) is 1.37. The molecule has 0 spiro atoms. The number of nitrogens with one attached hydrogen (secondary N) is 2. The first-order chi connectivity index (χ1) is 8.81. The molecule has 108 valence electrons. The van der Waals surface area contributed by atoms with Gasteiger partial charge in [0, 0.05) is 6.54 Å². The largest absolute Gasteiger partial charge is 0.355 e. The van der Waals surface area contributed by atoms with Crippen LogP contribution in [0, 0.1) is 5.92 Å². The van der Waals surface area contributed by atoms with Gasteiger partial charge in [0.2, 0.25) is 5.91 Å². The molecule has 0 saturated carbocycles. The van der Waals surface area contributed by atoms with Gasteiger partial charge in [0.1, 0.15) is 12.1 Å². The smallest absolute Gasteiger partial charge is 0.325 e. The Morgan fingerprint density at radius 3 is 2.58 bits per heavy atom. The molecule has 1 aliphatic rings. The molecule has 1 rings (SSSR count). The molecule has 1 saturated heterocycles. The van der Waals surface area contributed by atoms with Gasteiger partial charge in [-0.05, 0) is 25.7 Å². The second-order valence-electron chi connectivity index (χ2n) is 5.51. The van der Waals surface area contributed by atoms with E-state index in [0.717, 1.165) is 6.42 Å². The summed E-state index contributed by atoms with van der Waals surface area (Å²) in [6.45, 7) is 8.15. The summed E-state index contributed by atoms with van der Waals surface area (Å²) in [7, 11) is 0. The van der Waals surface area contributed by atoms with Crippen LogP contribution in [-0.4, -0.2) is 41.4 Å². The van der Waals surface area contributed by atoms with Gasteiger partial charge in [0.25, 0.3) is 5.91 Å². The Kier molecular flexibility index (Phi) is 4.91. The molecule has 6 heteroatoms. The van der Waals surface area contributed by atoms with Crippen molar-refractivity contribution in [1.29, 1.82) is 0 Å². The number of carbonyl (C=O) groups excluding carboxylic acids is 3. The first kappa shape index (κ1) is 15.5. The van der Waals surface area contributed by atoms with E-state index in [1.165, 1.54) is 4.90 Å². The summed E-state index contributed by atoms with van der Waals surface area (Å²) >= 11 is 0. The van der Waals surface area contributed by atoms with Crippen molar-refractivity contribution < 1.29 is 14.4 Å². The highest BCUT2D eigenvalue weighted by atomic mass is 16.2. The third kappa shape index (κ3) is 3.45. The average Bonchev–Trinajstić information content (AvgIpc) is 2.53. The number of nitrogens with zero attached hydrogens (tertiary/aromatic N) is 1. The number of hydrogen-bond acceptors (Lipinski definition) is 3. The lowest BCUT2D eigenvalue weighted by atomic mass is 9.97. The van der Waals surface area contributed by atoms with Gasteiger partial charge in [-0.2, -0.15) is 0 Å². The molecule has 0 aromatic rings. The van der Waals surface area contributed by atoms with E-state index in [1.807, 2.05) is 6.92 Å². The predicted molar refractivity (Wildman–Crippen MR) is 71.4 cm³/mol. The summed E-state index contributed by atoms with van der Waals surface area (Å²) in [4.78, 5) is 36.5. The summed E-state index contributed by atoms with van der Waals surface area (Å²) in [5.74, 6) is -0.0574. The van der Waals surface area contributed by atoms with Gasteiger partial charge in [0.05, 0.1) is 0 Å². The van der Waals surface area contributed by atoms with Gasteiger partial charge in [-0.15, -0.1) is 0 Å². The van der Waals surface area contributed by atoms with Crippen molar-refractivity contribution in [2.75, 3.05) is 13.1 Å². The van der Waals surface area contributed by atoms with Crippen molar-refractivity contribution in [3.63, 3.8) is 0 Å². The normalized spacial score (nSPS) is 22.9. The molecule has 0 radical (unpaired) electrons. The van der Waals surface area contributed by atoms with Gasteiger partial charge in [-0.1, -0.05) is 20.8 Å². The van der Waals surface area contributed by atoms with Crippen LogP contribution in [0.1, 0.15) is 40.5 Å². The van der Waals surface area contributed by atoms with Crippen molar-refractivity contribution in [3.05, 3.63) is 0 Å². The van der Waals surface area contributed by atoms with Crippen molar-refractivity contribution in [2.24, 2.45) is 5.92 Å². The van der Waals surface area contributed by atoms with Gasteiger partial charge < -0.3 is 10.2 Å². The summed E-state index contributed by atoms with van der Waals surface area (Å²) in [6, 6.07) is -0.492. The number of carbonyl (C=O) groups is 3. The van der Waals surface area contributed by atoms with Crippen molar-refractivity contribution in [1.82, 2.24) is 15.5 Å². The van der Waals surface area contributed by atoms with Gasteiger partial charge in [-0.3, -0.25) is 14.9 Å². The third-order valence-corrected chi connectivity index (χ3v) is 3.58. The number of rotatable bonds is 6. The summed E-state index contributed by atoms with van der Waals surface area (Å²) in [5.41, 5.74) is -0.924. The monoisotopic (exact) mass is 269 g/mol. The number of amides is 4. The number of imide groups is 1. The molecule has 19 heavy (non-hydrogen) atoms. The van der Waals surface area contributed by atoms with E-state index in [1.54, 1.807) is 6.92 Å². The minimum absolute atomic E-state index is 0.0833. The maximum Gasteiger partial charge on any atom is 0.325 e. The van der Waals surface area contributed by atoms with Crippen LogP contribution >= 0.6 is 0 Å². The fourth-order valence-electron chi connectivity index (χ4n) is 1.94. The molecule has 0 aromatic heterocycles. The summed E-state index contributed by atoms with van der Waals surface area (Å²) in [5, 5.41) is 5.02. The highest BCUT2D eigenvalue weighted by Gasteiger charge is 2.48.